The standard InChI is InChI=1S/C20H24N4O3/c1-13-16(10-25)27-20(2,18(13)26-11-14-6-4-3-5-7-14)17-9-8-15-19(21)22-12-23-24(15)17/h3-9,12-13,16,18,25H,10-11H2,1-2H3,(H2,21,22,23)/t13-,16-,18-,20+/m1/s1. The van der Waals surface area contributed by atoms with Crippen molar-refractivity contribution in [3.8, 4) is 0 Å². The van der Waals surface area contributed by atoms with Crippen LogP contribution >= 0.6 is 0 Å². The van der Waals surface area contributed by atoms with E-state index in [9.17, 15) is 5.11 Å². The third kappa shape index (κ3) is 2.97. The lowest BCUT2D eigenvalue weighted by Gasteiger charge is -2.31. The van der Waals surface area contributed by atoms with E-state index in [1.807, 2.05) is 56.3 Å². The number of nitrogens with zero attached hydrogens (tertiary/aromatic N) is 3. The van der Waals surface area contributed by atoms with Gasteiger partial charge in [-0.1, -0.05) is 37.3 Å². The number of rotatable bonds is 5. The molecule has 0 bridgehead atoms. The van der Waals surface area contributed by atoms with Crippen LogP contribution in [-0.4, -0.2) is 38.5 Å². The van der Waals surface area contributed by atoms with E-state index in [0.29, 0.717) is 12.4 Å². The van der Waals surface area contributed by atoms with E-state index in [4.69, 9.17) is 15.2 Å². The fourth-order valence-electron chi connectivity index (χ4n) is 3.99. The first-order valence-corrected chi connectivity index (χ1v) is 9.07. The molecule has 1 fully saturated rings. The molecule has 4 rings (SSSR count). The Balaban J connectivity index is 1.71. The van der Waals surface area contributed by atoms with E-state index in [2.05, 4.69) is 10.1 Å². The SMILES string of the molecule is C[C@H]1[C@@H](OCc2ccccc2)[C@](C)(c2ccc3c(N)ncnn23)O[C@@H]1CO. The molecule has 1 aromatic carbocycles. The number of nitrogen functional groups attached to an aromatic ring is 1. The first-order chi connectivity index (χ1) is 13.0. The van der Waals surface area contributed by atoms with Gasteiger partial charge in [-0.15, -0.1) is 0 Å². The highest BCUT2D eigenvalue weighted by Gasteiger charge is 2.53. The topological polar surface area (TPSA) is 94.9 Å². The molecule has 2 aromatic heterocycles. The van der Waals surface area contributed by atoms with Gasteiger partial charge in [0.15, 0.2) is 5.82 Å². The van der Waals surface area contributed by atoms with Crippen LogP contribution in [0.1, 0.15) is 25.1 Å². The summed E-state index contributed by atoms with van der Waals surface area (Å²) in [5.74, 6) is 0.416. The molecular weight excluding hydrogens is 344 g/mol. The van der Waals surface area contributed by atoms with Crippen molar-refractivity contribution >= 4 is 11.3 Å². The molecule has 0 saturated carbocycles. The molecule has 0 radical (unpaired) electrons. The second-order valence-corrected chi connectivity index (χ2v) is 7.18. The van der Waals surface area contributed by atoms with E-state index in [0.717, 1.165) is 16.8 Å². The number of aromatic nitrogens is 3. The number of ether oxygens (including phenoxy) is 2. The van der Waals surface area contributed by atoms with Crippen LogP contribution in [0, 0.1) is 5.92 Å². The summed E-state index contributed by atoms with van der Waals surface area (Å²) in [4.78, 5) is 4.04. The van der Waals surface area contributed by atoms with E-state index in [1.165, 1.54) is 6.33 Å². The summed E-state index contributed by atoms with van der Waals surface area (Å²) in [5, 5.41) is 14.1. The highest BCUT2D eigenvalue weighted by Crippen LogP contribution is 2.45. The van der Waals surface area contributed by atoms with Crippen LogP contribution in [0.3, 0.4) is 0 Å². The maximum atomic E-state index is 9.79. The third-order valence-corrected chi connectivity index (χ3v) is 5.45. The molecule has 3 heterocycles. The van der Waals surface area contributed by atoms with Crippen molar-refractivity contribution in [2.45, 2.75) is 38.3 Å². The Morgan fingerprint density at radius 1 is 1.26 bits per heavy atom. The zero-order valence-corrected chi connectivity index (χ0v) is 15.4. The first-order valence-electron chi connectivity index (χ1n) is 9.07. The van der Waals surface area contributed by atoms with Crippen molar-refractivity contribution < 1.29 is 14.6 Å². The number of fused-ring (bicyclic) bond motifs is 1. The zero-order valence-electron chi connectivity index (χ0n) is 15.4. The molecule has 1 aliphatic heterocycles. The summed E-state index contributed by atoms with van der Waals surface area (Å²) in [6.07, 6.45) is 0.848. The molecule has 4 atom stereocenters. The van der Waals surface area contributed by atoms with E-state index in [1.54, 1.807) is 4.52 Å². The van der Waals surface area contributed by atoms with Crippen molar-refractivity contribution in [1.82, 2.24) is 14.6 Å². The number of aliphatic hydroxyl groups excluding tert-OH is 1. The second kappa shape index (κ2) is 6.92. The smallest absolute Gasteiger partial charge is 0.151 e. The zero-order chi connectivity index (χ0) is 19.0. The largest absolute Gasteiger partial charge is 0.394 e. The van der Waals surface area contributed by atoms with Gasteiger partial charge in [-0.2, -0.15) is 5.10 Å². The quantitative estimate of drug-likeness (QED) is 0.716. The lowest BCUT2D eigenvalue weighted by Crippen LogP contribution is -2.39. The molecule has 0 amide bonds. The Hall–Kier alpha value is -2.48. The van der Waals surface area contributed by atoms with E-state index in [-0.39, 0.29) is 24.7 Å². The van der Waals surface area contributed by atoms with Crippen LogP contribution in [0.2, 0.25) is 0 Å². The molecule has 0 unspecified atom stereocenters. The molecule has 0 aliphatic carbocycles. The highest BCUT2D eigenvalue weighted by atomic mass is 16.6. The molecule has 27 heavy (non-hydrogen) atoms. The molecule has 3 aromatic rings. The van der Waals surface area contributed by atoms with Gasteiger partial charge in [-0.3, -0.25) is 0 Å². The molecule has 7 heteroatoms. The summed E-state index contributed by atoms with van der Waals surface area (Å²) in [5.41, 5.74) is 7.83. The average Bonchev–Trinajstić information content (AvgIpc) is 3.22. The molecule has 7 nitrogen and oxygen atoms in total. The Kier molecular flexibility index (Phi) is 4.59. The Bertz CT molecular complexity index is 929. The Labute approximate surface area is 157 Å². The summed E-state index contributed by atoms with van der Waals surface area (Å²) in [6, 6.07) is 13.8. The lowest BCUT2D eigenvalue weighted by molar-refractivity contribution is -0.111. The van der Waals surface area contributed by atoms with Gasteiger partial charge in [0.1, 0.15) is 17.4 Å². The van der Waals surface area contributed by atoms with Crippen LogP contribution < -0.4 is 5.73 Å². The maximum Gasteiger partial charge on any atom is 0.151 e. The van der Waals surface area contributed by atoms with E-state index < -0.39 is 5.60 Å². The number of hydrogen-bond donors (Lipinski definition) is 2. The average molecular weight is 368 g/mol. The Morgan fingerprint density at radius 2 is 2.04 bits per heavy atom. The fraction of sp³-hybridized carbons (Fsp3) is 0.400. The number of nitrogens with two attached hydrogens (primary N) is 1. The van der Waals surface area contributed by atoms with Gasteiger partial charge in [0.25, 0.3) is 0 Å². The van der Waals surface area contributed by atoms with Gasteiger partial charge in [0, 0.05) is 5.92 Å². The van der Waals surface area contributed by atoms with Crippen LogP contribution in [0.4, 0.5) is 5.82 Å². The van der Waals surface area contributed by atoms with Crippen molar-refractivity contribution in [2.24, 2.45) is 5.92 Å². The van der Waals surface area contributed by atoms with Crippen LogP contribution in [-0.2, 0) is 21.7 Å². The van der Waals surface area contributed by atoms with Crippen molar-refractivity contribution in [3.05, 3.63) is 60.0 Å². The van der Waals surface area contributed by atoms with Gasteiger partial charge in [-0.05, 0) is 24.6 Å². The van der Waals surface area contributed by atoms with Crippen molar-refractivity contribution in [2.75, 3.05) is 12.3 Å². The first kappa shape index (κ1) is 17.9. The third-order valence-electron chi connectivity index (χ3n) is 5.45. The minimum Gasteiger partial charge on any atom is -0.394 e. The summed E-state index contributed by atoms with van der Waals surface area (Å²) in [6.45, 7) is 4.42. The highest BCUT2D eigenvalue weighted by molar-refractivity contribution is 5.65. The van der Waals surface area contributed by atoms with Crippen LogP contribution in [0.5, 0.6) is 0 Å². The number of benzene rings is 1. The summed E-state index contributed by atoms with van der Waals surface area (Å²) in [7, 11) is 0. The van der Waals surface area contributed by atoms with Gasteiger partial charge in [0.2, 0.25) is 0 Å². The summed E-state index contributed by atoms with van der Waals surface area (Å²) < 4.78 is 14.4. The van der Waals surface area contributed by atoms with Crippen LogP contribution in [0.15, 0.2) is 48.8 Å². The second-order valence-electron chi connectivity index (χ2n) is 7.18. The predicted molar refractivity (Wildman–Crippen MR) is 101 cm³/mol. The lowest BCUT2D eigenvalue weighted by atomic mass is 9.88. The number of aliphatic hydroxyl groups is 1. The molecular formula is C20H24N4O3. The number of anilines is 1. The predicted octanol–water partition coefficient (Wildman–Crippen LogP) is 2.14. The van der Waals surface area contributed by atoms with Gasteiger partial charge >= 0.3 is 0 Å². The van der Waals surface area contributed by atoms with Crippen LogP contribution in [0.25, 0.3) is 5.52 Å². The fourth-order valence-corrected chi connectivity index (χ4v) is 3.99. The molecule has 142 valence electrons. The monoisotopic (exact) mass is 368 g/mol. The van der Waals surface area contributed by atoms with Crippen molar-refractivity contribution in [3.63, 3.8) is 0 Å². The summed E-state index contributed by atoms with van der Waals surface area (Å²) >= 11 is 0. The number of hydrogen-bond acceptors (Lipinski definition) is 6. The van der Waals surface area contributed by atoms with Gasteiger partial charge in [-0.25, -0.2) is 9.50 Å². The van der Waals surface area contributed by atoms with Crippen molar-refractivity contribution in [1.29, 1.82) is 0 Å². The van der Waals surface area contributed by atoms with Gasteiger partial charge < -0.3 is 20.3 Å². The maximum absolute atomic E-state index is 9.79. The minimum atomic E-state index is -0.783. The Morgan fingerprint density at radius 3 is 2.78 bits per heavy atom. The van der Waals surface area contributed by atoms with E-state index >= 15 is 0 Å². The molecule has 3 N–H and O–H groups in total. The van der Waals surface area contributed by atoms with Gasteiger partial charge in [0.05, 0.1) is 31.1 Å². The molecule has 0 spiro atoms. The normalized spacial score (nSPS) is 28.0. The molecule has 1 saturated heterocycles. The molecule has 1 aliphatic rings. The minimum absolute atomic E-state index is 0.00782.